The Labute approximate surface area is 156 Å². The first kappa shape index (κ1) is 18.9. The molecule has 5 nitrogen and oxygen atoms in total. The first-order chi connectivity index (χ1) is 12.6. The van der Waals surface area contributed by atoms with E-state index in [-0.39, 0.29) is 11.8 Å². The fourth-order valence-corrected chi connectivity index (χ4v) is 4.29. The number of benzene rings is 1. The molecule has 0 saturated carbocycles. The second kappa shape index (κ2) is 8.67. The molecule has 26 heavy (non-hydrogen) atoms. The normalized spacial score (nSPS) is 24.0. The van der Waals surface area contributed by atoms with Crippen LogP contribution < -0.4 is 0 Å². The monoisotopic (exact) mass is 358 g/mol. The average Bonchev–Trinajstić information content (AvgIpc) is 3.07. The first-order valence-corrected chi connectivity index (χ1v) is 9.92. The maximum atomic E-state index is 12.8. The van der Waals surface area contributed by atoms with Crippen molar-refractivity contribution in [3.8, 4) is 0 Å². The van der Waals surface area contributed by atoms with Crippen molar-refractivity contribution in [3.63, 3.8) is 0 Å². The van der Waals surface area contributed by atoms with Crippen LogP contribution in [0.2, 0.25) is 0 Å². The Morgan fingerprint density at radius 1 is 1.08 bits per heavy atom. The van der Waals surface area contributed by atoms with Crippen LogP contribution in [0, 0.1) is 11.8 Å². The smallest absolute Gasteiger partial charge is 0.308 e. The van der Waals surface area contributed by atoms with Gasteiger partial charge >= 0.3 is 5.97 Å². The van der Waals surface area contributed by atoms with Crippen molar-refractivity contribution in [1.29, 1.82) is 0 Å². The Balaban J connectivity index is 1.61. The number of hydrogen-bond acceptors (Lipinski definition) is 3. The summed E-state index contributed by atoms with van der Waals surface area (Å²) in [6.45, 7) is 6.20. The van der Waals surface area contributed by atoms with Gasteiger partial charge in [-0.3, -0.25) is 14.5 Å². The molecule has 1 aromatic carbocycles. The van der Waals surface area contributed by atoms with E-state index >= 15 is 0 Å². The van der Waals surface area contributed by atoms with Gasteiger partial charge in [-0.1, -0.05) is 31.9 Å². The summed E-state index contributed by atoms with van der Waals surface area (Å²) in [5.74, 6) is -1.19. The summed E-state index contributed by atoms with van der Waals surface area (Å²) < 4.78 is 0. The van der Waals surface area contributed by atoms with Crippen LogP contribution in [-0.2, 0) is 11.3 Å². The summed E-state index contributed by atoms with van der Waals surface area (Å²) in [4.78, 5) is 28.5. The van der Waals surface area contributed by atoms with E-state index < -0.39 is 11.9 Å². The fourth-order valence-electron chi connectivity index (χ4n) is 4.29. The number of carboxylic acid groups (broad SMARTS) is 1. The third kappa shape index (κ3) is 4.44. The van der Waals surface area contributed by atoms with Crippen molar-refractivity contribution in [3.05, 3.63) is 35.4 Å². The van der Waals surface area contributed by atoms with Gasteiger partial charge in [-0.2, -0.15) is 0 Å². The number of amides is 1. The van der Waals surface area contributed by atoms with Gasteiger partial charge in [0.2, 0.25) is 0 Å². The van der Waals surface area contributed by atoms with Crippen molar-refractivity contribution >= 4 is 11.9 Å². The number of hydrogen-bond donors (Lipinski definition) is 1. The number of carboxylic acids is 1. The molecule has 142 valence electrons. The van der Waals surface area contributed by atoms with Gasteiger partial charge < -0.3 is 10.0 Å². The van der Waals surface area contributed by atoms with Gasteiger partial charge in [0, 0.05) is 25.2 Å². The minimum absolute atomic E-state index is 0.0422. The zero-order valence-electron chi connectivity index (χ0n) is 15.7. The summed E-state index contributed by atoms with van der Waals surface area (Å²) >= 11 is 0. The summed E-state index contributed by atoms with van der Waals surface area (Å²) in [5.41, 5.74) is 1.89. The molecule has 2 atom stereocenters. The predicted molar refractivity (Wildman–Crippen MR) is 101 cm³/mol. The fraction of sp³-hybridized carbons (Fsp3) is 0.619. The molecule has 1 aromatic rings. The van der Waals surface area contributed by atoms with Gasteiger partial charge in [-0.25, -0.2) is 0 Å². The molecule has 2 aliphatic heterocycles. The largest absolute Gasteiger partial charge is 0.481 e. The van der Waals surface area contributed by atoms with Gasteiger partial charge in [-0.15, -0.1) is 0 Å². The number of piperidine rings is 1. The molecule has 2 aliphatic rings. The molecule has 1 amide bonds. The molecular weight excluding hydrogens is 328 g/mol. The molecule has 5 heteroatoms. The first-order valence-electron chi connectivity index (χ1n) is 9.92. The Morgan fingerprint density at radius 3 is 2.38 bits per heavy atom. The maximum absolute atomic E-state index is 12.8. The van der Waals surface area contributed by atoms with Gasteiger partial charge in [-0.05, 0) is 56.0 Å². The van der Waals surface area contributed by atoms with Crippen LogP contribution >= 0.6 is 0 Å². The molecule has 1 N–H and O–H groups in total. The van der Waals surface area contributed by atoms with Crippen molar-refractivity contribution < 1.29 is 14.7 Å². The van der Waals surface area contributed by atoms with Crippen LogP contribution in [0.3, 0.4) is 0 Å². The molecule has 3 rings (SSSR count). The summed E-state index contributed by atoms with van der Waals surface area (Å²) in [5, 5.41) is 9.43. The van der Waals surface area contributed by atoms with Gasteiger partial charge in [0.1, 0.15) is 0 Å². The Morgan fingerprint density at radius 2 is 1.77 bits per heavy atom. The van der Waals surface area contributed by atoms with E-state index in [1.807, 2.05) is 24.3 Å². The molecule has 0 radical (unpaired) electrons. The highest BCUT2D eigenvalue weighted by atomic mass is 16.4. The predicted octanol–water partition coefficient (Wildman–Crippen LogP) is 3.25. The second-order valence-corrected chi connectivity index (χ2v) is 7.74. The zero-order chi connectivity index (χ0) is 18.5. The molecule has 0 unspecified atom stereocenters. The summed E-state index contributed by atoms with van der Waals surface area (Å²) in [7, 11) is 0. The van der Waals surface area contributed by atoms with Gasteiger partial charge in [0.05, 0.1) is 5.92 Å². The second-order valence-electron chi connectivity index (χ2n) is 7.74. The van der Waals surface area contributed by atoms with Crippen molar-refractivity contribution in [1.82, 2.24) is 9.80 Å². The minimum atomic E-state index is -0.782. The number of aliphatic carboxylic acids is 1. The van der Waals surface area contributed by atoms with Crippen LogP contribution in [0.15, 0.2) is 24.3 Å². The molecule has 0 aliphatic carbocycles. The number of nitrogens with zero attached hydrogens (tertiary/aromatic N) is 2. The van der Waals surface area contributed by atoms with E-state index in [1.165, 1.54) is 24.8 Å². The third-order valence-electron chi connectivity index (χ3n) is 5.76. The molecular formula is C21H30N2O3. The van der Waals surface area contributed by atoms with E-state index in [4.69, 9.17) is 0 Å². The SMILES string of the molecule is CCC[C@@H]1CN(C(=O)c2ccc(CN3CCCCC3)cc2)C[C@H]1C(=O)O. The summed E-state index contributed by atoms with van der Waals surface area (Å²) in [6.07, 6.45) is 5.68. The molecule has 0 spiro atoms. The van der Waals surface area contributed by atoms with Gasteiger partial charge in [0.15, 0.2) is 0 Å². The van der Waals surface area contributed by atoms with Crippen LogP contribution in [0.4, 0.5) is 0 Å². The number of rotatable bonds is 6. The Hall–Kier alpha value is -1.88. The van der Waals surface area contributed by atoms with Crippen LogP contribution in [0.25, 0.3) is 0 Å². The lowest BCUT2D eigenvalue weighted by Crippen LogP contribution is -2.30. The number of likely N-dealkylation sites (tertiary alicyclic amines) is 2. The molecule has 2 fully saturated rings. The van der Waals surface area contributed by atoms with Gasteiger partial charge in [0.25, 0.3) is 5.91 Å². The van der Waals surface area contributed by atoms with Crippen LogP contribution in [0.5, 0.6) is 0 Å². The summed E-state index contributed by atoms with van der Waals surface area (Å²) in [6, 6.07) is 7.86. The number of carbonyl (C=O) groups excluding carboxylic acids is 1. The zero-order valence-corrected chi connectivity index (χ0v) is 15.7. The number of carbonyl (C=O) groups is 2. The molecule has 0 aromatic heterocycles. The highest BCUT2D eigenvalue weighted by molar-refractivity contribution is 5.94. The standard InChI is InChI=1S/C21H30N2O3/c1-2-6-18-14-23(15-19(18)21(25)26)20(24)17-9-7-16(8-10-17)13-22-11-4-3-5-12-22/h7-10,18-19H,2-6,11-15H2,1H3,(H,25,26)/t18-,19-/m1/s1. The van der Waals surface area contributed by atoms with E-state index in [0.717, 1.165) is 32.5 Å². The van der Waals surface area contributed by atoms with Crippen LogP contribution in [-0.4, -0.2) is 53.0 Å². The van der Waals surface area contributed by atoms with Crippen LogP contribution in [0.1, 0.15) is 54.9 Å². The average molecular weight is 358 g/mol. The van der Waals surface area contributed by atoms with E-state index in [2.05, 4.69) is 11.8 Å². The van der Waals surface area contributed by atoms with Crippen molar-refractivity contribution in [2.24, 2.45) is 11.8 Å². The topological polar surface area (TPSA) is 60.9 Å². The quantitative estimate of drug-likeness (QED) is 0.848. The molecule has 0 bridgehead atoms. The lowest BCUT2D eigenvalue weighted by Gasteiger charge is -2.26. The Kier molecular flexibility index (Phi) is 6.30. The minimum Gasteiger partial charge on any atom is -0.481 e. The van der Waals surface area contributed by atoms with E-state index in [9.17, 15) is 14.7 Å². The maximum Gasteiger partial charge on any atom is 0.308 e. The lowest BCUT2D eigenvalue weighted by molar-refractivity contribution is -0.142. The van der Waals surface area contributed by atoms with E-state index in [0.29, 0.717) is 18.7 Å². The third-order valence-corrected chi connectivity index (χ3v) is 5.76. The molecule has 2 saturated heterocycles. The molecule has 2 heterocycles. The van der Waals surface area contributed by atoms with Crippen molar-refractivity contribution in [2.45, 2.75) is 45.6 Å². The highest BCUT2D eigenvalue weighted by Gasteiger charge is 2.39. The van der Waals surface area contributed by atoms with Crippen molar-refractivity contribution in [2.75, 3.05) is 26.2 Å². The lowest BCUT2D eigenvalue weighted by atomic mass is 9.92. The van der Waals surface area contributed by atoms with E-state index in [1.54, 1.807) is 4.90 Å². The highest BCUT2D eigenvalue weighted by Crippen LogP contribution is 2.29. The Bertz CT molecular complexity index is 623.